The standard InChI is InChI=1S/C10H10N4S/c11-9-6-7(8-2-1-5-15-8)13-10-12-3-4-14(9)10/h1-2,5-6,11H,3-4H2,(H,12,13). The monoisotopic (exact) mass is 218 g/mol. The van der Waals surface area contributed by atoms with Gasteiger partial charge < -0.3 is 5.32 Å². The minimum Gasteiger partial charge on any atom is -0.354 e. The van der Waals surface area contributed by atoms with E-state index < -0.39 is 0 Å². The van der Waals surface area contributed by atoms with E-state index in [9.17, 15) is 0 Å². The Hall–Kier alpha value is -1.62. The third-order valence-corrected chi connectivity index (χ3v) is 3.33. The second kappa shape index (κ2) is 3.20. The minimum absolute atomic E-state index is 0.522. The molecule has 0 aromatic carbocycles. The largest absolute Gasteiger partial charge is 0.354 e. The molecule has 0 aliphatic carbocycles. The molecule has 15 heavy (non-hydrogen) atoms. The molecule has 0 amide bonds. The number of aromatic nitrogens is 2. The average Bonchev–Trinajstić information content (AvgIpc) is 2.88. The Morgan fingerprint density at radius 3 is 3.27 bits per heavy atom. The van der Waals surface area contributed by atoms with E-state index in [0.717, 1.165) is 29.6 Å². The molecule has 3 heterocycles. The van der Waals surface area contributed by atoms with Gasteiger partial charge in [-0.15, -0.1) is 11.3 Å². The van der Waals surface area contributed by atoms with Gasteiger partial charge in [-0.3, -0.25) is 9.98 Å². The maximum absolute atomic E-state index is 7.88. The first-order valence-electron chi connectivity index (χ1n) is 4.79. The van der Waals surface area contributed by atoms with Gasteiger partial charge in [0, 0.05) is 19.2 Å². The topological polar surface area (TPSA) is 53.7 Å². The van der Waals surface area contributed by atoms with Crippen molar-refractivity contribution in [1.29, 1.82) is 5.41 Å². The van der Waals surface area contributed by atoms with Crippen molar-refractivity contribution in [1.82, 2.24) is 9.55 Å². The predicted octanol–water partition coefficient (Wildman–Crippen LogP) is 1.52. The highest BCUT2D eigenvalue weighted by Crippen LogP contribution is 2.23. The molecule has 76 valence electrons. The number of fused-ring (bicyclic) bond motifs is 1. The number of hydrogen-bond acceptors (Lipinski definition) is 4. The second-order valence-corrected chi connectivity index (χ2v) is 4.35. The Morgan fingerprint density at radius 1 is 1.53 bits per heavy atom. The molecule has 0 bridgehead atoms. The number of anilines is 1. The van der Waals surface area contributed by atoms with Crippen LogP contribution < -0.4 is 10.8 Å². The maximum atomic E-state index is 7.88. The molecule has 2 aromatic rings. The van der Waals surface area contributed by atoms with Crippen molar-refractivity contribution in [2.45, 2.75) is 6.54 Å². The van der Waals surface area contributed by atoms with Gasteiger partial charge in [-0.25, -0.2) is 4.98 Å². The van der Waals surface area contributed by atoms with E-state index in [1.807, 2.05) is 28.1 Å². The molecule has 2 N–H and O–H groups in total. The first-order valence-corrected chi connectivity index (χ1v) is 5.67. The van der Waals surface area contributed by atoms with E-state index in [1.54, 1.807) is 11.3 Å². The highest BCUT2D eigenvalue weighted by atomic mass is 32.1. The number of rotatable bonds is 1. The summed E-state index contributed by atoms with van der Waals surface area (Å²) >= 11 is 1.65. The molecule has 1 aliphatic heterocycles. The smallest absolute Gasteiger partial charge is 0.205 e. The molecule has 0 fully saturated rings. The van der Waals surface area contributed by atoms with Crippen molar-refractivity contribution < 1.29 is 0 Å². The van der Waals surface area contributed by atoms with Gasteiger partial charge in [0.05, 0.1) is 10.6 Å². The summed E-state index contributed by atoms with van der Waals surface area (Å²) in [5.41, 5.74) is 1.41. The summed E-state index contributed by atoms with van der Waals surface area (Å²) in [6.07, 6.45) is 0. The van der Waals surface area contributed by atoms with Crippen LogP contribution in [0, 0.1) is 5.41 Å². The van der Waals surface area contributed by atoms with Crippen LogP contribution in [-0.4, -0.2) is 16.1 Å². The summed E-state index contributed by atoms with van der Waals surface area (Å²) < 4.78 is 1.89. The summed E-state index contributed by atoms with van der Waals surface area (Å²) in [6.45, 7) is 1.71. The van der Waals surface area contributed by atoms with Crippen molar-refractivity contribution in [3.63, 3.8) is 0 Å². The molecule has 0 atom stereocenters. The summed E-state index contributed by atoms with van der Waals surface area (Å²) in [4.78, 5) is 5.61. The van der Waals surface area contributed by atoms with Gasteiger partial charge in [-0.05, 0) is 11.4 Å². The van der Waals surface area contributed by atoms with Crippen LogP contribution >= 0.6 is 11.3 Å². The zero-order valence-electron chi connectivity index (χ0n) is 8.03. The Balaban J connectivity index is 2.20. The molecule has 2 aromatic heterocycles. The molecule has 0 spiro atoms. The van der Waals surface area contributed by atoms with Crippen LogP contribution in [0.5, 0.6) is 0 Å². The van der Waals surface area contributed by atoms with Crippen molar-refractivity contribution in [3.8, 4) is 10.6 Å². The van der Waals surface area contributed by atoms with Crippen LogP contribution in [0.1, 0.15) is 0 Å². The Labute approximate surface area is 90.7 Å². The third-order valence-electron chi connectivity index (χ3n) is 2.44. The lowest BCUT2D eigenvalue weighted by Crippen LogP contribution is -2.18. The van der Waals surface area contributed by atoms with Crippen molar-refractivity contribution >= 4 is 17.3 Å². The van der Waals surface area contributed by atoms with Crippen molar-refractivity contribution in [2.24, 2.45) is 0 Å². The van der Waals surface area contributed by atoms with Crippen molar-refractivity contribution in [3.05, 3.63) is 29.1 Å². The Bertz CT molecular complexity index is 541. The summed E-state index contributed by atoms with van der Waals surface area (Å²) in [5.74, 6) is 0.811. The molecular weight excluding hydrogens is 208 g/mol. The van der Waals surface area contributed by atoms with Crippen LogP contribution in [0.2, 0.25) is 0 Å². The average molecular weight is 218 g/mol. The van der Waals surface area contributed by atoms with Gasteiger partial charge in [0.1, 0.15) is 5.49 Å². The van der Waals surface area contributed by atoms with E-state index in [4.69, 9.17) is 5.41 Å². The molecule has 3 rings (SSSR count). The highest BCUT2D eigenvalue weighted by Gasteiger charge is 2.12. The lowest BCUT2D eigenvalue weighted by molar-refractivity contribution is 0.735. The van der Waals surface area contributed by atoms with Crippen LogP contribution in [0.4, 0.5) is 5.95 Å². The molecular formula is C10H10N4S. The Morgan fingerprint density at radius 2 is 2.47 bits per heavy atom. The number of hydrogen-bond donors (Lipinski definition) is 2. The maximum Gasteiger partial charge on any atom is 0.205 e. The molecule has 1 aliphatic rings. The lowest BCUT2D eigenvalue weighted by atomic mass is 10.3. The second-order valence-electron chi connectivity index (χ2n) is 3.41. The molecule has 0 radical (unpaired) electrons. The van der Waals surface area contributed by atoms with Crippen LogP contribution in [-0.2, 0) is 6.54 Å². The molecule has 0 saturated carbocycles. The van der Waals surface area contributed by atoms with E-state index in [-0.39, 0.29) is 0 Å². The normalized spacial score (nSPS) is 13.6. The van der Waals surface area contributed by atoms with Crippen LogP contribution in [0.25, 0.3) is 10.6 Å². The fourth-order valence-corrected chi connectivity index (χ4v) is 2.41. The first-order chi connectivity index (χ1) is 7.34. The molecule has 0 saturated heterocycles. The fraction of sp³-hybridized carbons (Fsp3) is 0.200. The quantitative estimate of drug-likeness (QED) is 0.762. The summed E-state index contributed by atoms with van der Waals surface area (Å²) in [7, 11) is 0. The molecule has 4 nitrogen and oxygen atoms in total. The van der Waals surface area contributed by atoms with Gasteiger partial charge in [0.2, 0.25) is 5.95 Å². The van der Waals surface area contributed by atoms with Crippen molar-refractivity contribution in [2.75, 3.05) is 11.9 Å². The third kappa shape index (κ3) is 1.35. The Kier molecular flexibility index (Phi) is 1.85. The van der Waals surface area contributed by atoms with E-state index >= 15 is 0 Å². The summed E-state index contributed by atoms with van der Waals surface area (Å²) in [6, 6.07) is 5.85. The molecule has 5 heteroatoms. The van der Waals surface area contributed by atoms with Crippen LogP contribution in [0.15, 0.2) is 23.6 Å². The zero-order chi connectivity index (χ0) is 10.3. The number of nitrogens with zero attached hydrogens (tertiary/aromatic N) is 2. The minimum atomic E-state index is 0.522. The van der Waals surface area contributed by atoms with Gasteiger partial charge in [0.25, 0.3) is 0 Å². The van der Waals surface area contributed by atoms with E-state index in [2.05, 4.69) is 10.3 Å². The first kappa shape index (κ1) is 8.67. The number of nitrogens with one attached hydrogen (secondary N) is 2. The molecule has 0 unspecified atom stereocenters. The SMILES string of the molecule is N=c1cc(-c2cccs2)nc2n1CCN2. The van der Waals surface area contributed by atoms with Gasteiger partial charge in [-0.1, -0.05) is 6.07 Å². The van der Waals surface area contributed by atoms with E-state index in [1.165, 1.54) is 0 Å². The lowest BCUT2D eigenvalue weighted by Gasteiger charge is -2.04. The van der Waals surface area contributed by atoms with Gasteiger partial charge in [0.15, 0.2) is 0 Å². The summed E-state index contributed by atoms with van der Waals surface area (Å²) in [5, 5.41) is 13.1. The zero-order valence-corrected chi connectivity index (χ0v) is 8.84. The fourth-order valence-electron chi connectivity index (χ4n) is 1.72. The van der Waals surface area contributed by atoms with Crippen LogP contribution in [0.3, 0.4) is 0 Å². The van der Waals surface area contributed by atoms with Gasteiger partial charge in [-0.2, -0.15) is 0 Å². The van der Waals surface area contributed by atoms with E-state index in [0.29, 0.717) is 5.49 Å². The van der Waals surface area contributed by atoms with Gasteiger partial charge >= 0.3 is 0 Å². The number of thiophene rings is 1. The predicted molar refractivity (Wildman–Crippen MR) is 59.9 cm³/mol. The highest BCUT2D eigenvalue weighted by molar-refractivity contribution is 7.13.